The molecule has 1 saturated heterocycles. The molecule has 2 aromatic carbocycles. The van der Waals surface area contributed by atoms with Gasteiger partial charge in [-0.25, -0.2) is 0 Å². The molecule has 4 atom stereocenters. The van der Waals surface area contributed by atoms with Crippen LogP contribution in [0.5, 0.6) is 0 Å². The highest BCUT2D eigenvalue weighted by molar-refractivity contribution is 6.30. The second-order valence-corrected chi connectivity index (χ2v) is 10.7. The van der Waals surface area contributed by atoms with Crippen LogP contribution in [0.25, 0.3) is 0 Å². The highest BCUT2D eigenvalue weighted by atomic mass is 35.5. The number of aliphatic carboxylic acids is 1. The molecule has 1 amide bonds. The molecule has 36 heavy (non-hydrogen) atoms. The molecule has 0 bridgehead atoms. The number of amides is 1. The third-order valence-corrected chi connectivity index (χ3v) is 7.59. The largest absolute Gasteiger partial charge is 0.481 e. The van der Waals surface area contributed by atoms with Crippen molar-refractivity contribution >= 4 is 35.1 Å². The Hall–Kier alpha value is -2.89. The van der Waals surface area contributed by atoms with Gasteiger partial charge in [0.2, 0.25) is 5.91 Å². The summed E-state index contributed by atoms with van der Waals surface area (Å²) in [6.45, 7) is 5.72. The van der Waals surface area contributed by atoms with Crippen LogP contribution in [0.1, 0.15) is 73.6 Å². The van der Waals surface area contributed by atoms with E-state index in [1.165, 1.54) is 0 Å². The summed E-state index contributed by atoms with van der Waals surface area (Å²) in [6.07, 6.45) is 0.738. The number of aryl methyl sites for hydroxylation is 1. The molecule has 1 N–H and O–H groups in total. The maximum absolute atomic E-state index is 14.3. The molecular weight excluding hydrogens is 495 g/mol. The summed E-state index contributed by atoms with van der Waals surface area (Å²) in [5, 5.41) is 11.0. The molecule has 1 aliphatic rings. The number of pyridine rings is 1. The fraction of sp³-hybridized carbons (Fsp3) is 0.345. The van der Waals surface area contributed by atoms with Gasteiger partial charge in [-0.3, -0.25) is 14.6 Å². The van der Waals surface area contributed by atoms with E-state index in [0.29, 0.717) is 22.9 Å². The van der Waals surface area contributed by atoms with Gasteiger partial charge in [-0.2, -0.15) is 0 Å². The Balaban J connectivity index is 1.96. The normalized spacial score (nSPS) is 22.9. The summed E-state index contributed by atoms with van der Waals surface area (Å²) < 4.78 is 0. The van der Waals surface area contributed by atoms with Gasteiger partial charge in [0.05, 0.1) is 29.6 Å². The summed E-state index contributed by atoms with van der Waals surface area (Å²) in [6, 6.07) is 20.3. The number of carboxylic acids is 1. The maximum Gasteiger partial charge on any atom is 0.304 e. The zero-order valence-electron chi connectivity index (χ0n) is 20.6. The first kappa shape index (κ1) is 26.2. The van der Waals surface area contributed by atoms with E-state index in [9.17, 15) is 14.7 Å². The van der Waals surface area contributed by atoms with Gasteiger partial charge < -0.3 is 10.0 Å². The van der Waals surface area contributed by atoms with Crippen molar-refractivity contribution in [3.8, 4) is 0 Å². The lowest BCUT2D eigenvalue weighted by Crippen LogP contribution is -2.53. The Morgan fingerprint density at radius 2 is 1.78 bits per heavy atom. The Morgan fingerprint density at radius 1 is 1.08 bits per heavy atom. The number of nitrogens with zero attached hydrogens (tertiary/aromatic N) is 2. The van der Waals surface area contributed by atoms with E-state index in [4.69, 9.17) is 28.2 Å². The Morgan fingerprint density at radius 3 is 2.39 bits per heavy atom. The average molecular weight is 525 g/mol. The number of halogens is 2. The van der Waals surface area contributed by atoms with Crippen molar-refractivity contribution in [1.82, 2.24) is 9.88 Å². The molecule has 7 heteroatoms. The maximum atomic E-state index is 14.3. The van der Waals surface area contributed by atoms with Crippen LogP contribution in [0.15, 0.2) is 66.7 Å². The van der Waals surface area contributed by atoms with Gasteiger partial charge in [0.1, 0.15) is 0 Å². The number of likely N-dealkylation sites (tertiary alicyclic amines) is 1. The van der Waals surface area contributed by atoms with Crippen LogP contribution in [0, 0.1) is 12.3 Å². The van der Waals surface area contributed by atoms with Crippen molar-refractivity contribution < 1.29 is 14.7 Å². The predicted molar refractivity (Wildman–Crippen MR) is 142 cm³/mol. The van der Waals surface area contributed by atoms with Crippen LogP contribution < -0.4 is 0 Å². The minimum atomic E-state index is -1.10. The summed E-state index contributed by atoms with van der Waals surface area (Å²) in [5.74, 6) is -1.37. The minimum Gasteiger partial charge on any atom is -0.481 e. The van der Waals surface area contributed by atoms with Crippen LogP contribution in [0.2, 0.25) is 10.0 Å². The standard InChI is InChI=1S/C29H30Cl2N2O3/c1-4-25(24-10-5-7-18(2)32-24)33-27(19-11-13-21(30)14-12-19)23(20-8-6-9-22(31)15-20)16-29(3,28(33)36)17-26(34)35/h5-15,23,25,27H,4,16-17H2,1-3H3,(H,34,35)/t23-,25?,27-,29-/m1/s1. The second kappa shape index (κ2) is 10.6. The number of hydrogen-bond donors (Lipinski definition) is 1. The molecule has 2 heterocycles. The van der Waals surface area contributed by atoms with Gasteiger partial charge >= 0.3 is 5.97 Å². The Bertz CT molecular complexity index is 1260. The van der Waals surface area contributed by atoms with E-state index in [-0.39, 0.29) is 30.3 Å². The fourth-order valence-corrected chi connectivity index (χ4v) is 5.85. The van der Waals surface area contributed by atoms with Crippen LogP contribution >= 0.6 is 23.2 Å². The SMILES string of the molecule is CCC(c1cccc(C)n1)N1C(=O)[C@@](C)(CC(=O)O)C[C@H](c2cccc(Cl)c2)[C@H]1c1ccc(Cl)cc1. The molecule has 188 valence electrons. The smallest absolute Gasteiger partial charge is 0.304 e. The molecule has 1 unspecified atom stereocenters. The highest BCUT2D eigenvalue weighted by Gasteiger charge is 2.52. The van der Waals surface area contributed by atoms with Crippen molar-refractivity contribution in [2.45, 2.75) is 58.0 Å². The van der Waals surface area contributed by atoms with E-state index in [1.54, 1.807) is 6.92 Å². The fourth-order valence-electron chi connectivity index (χ4n) is 5.52. The lowest BCUT2D eigenvalue weighted by Gasteiger charge is -2.51. The molecule has 1 aliphatic heterocycles. The first-order valence-corrected chi connectivity index (χ1v) is 12.9. The number of rotatable bonds is 7. The lowest BCUT2D eigenvalue weighted by molar-refractivity contribution is -0.161. The summed E-state index contributed by atoms with van der Waals surface area (Å²) in [4.78, 5) is 32.9. The number of benzene rings is 2. The van der Waals surface area contributed by atoms with Gasteiger partial charge in [0.15, 0.2) is 0 Å². The molecule has 1 aromatic heterocycles. The van der Waals surface area contributed by atoms with Crippen molar-refractivity contribution in [1.29, 1.82) is 0 Å². The molecule has 0 aliphatic carbocycles. The third-order valence-electron chi connectivity index (χ3n) is 7.11. The first-order chi connectivity index (χ1) is 17.1. The van der Waals surface area contributed by atoms with Crippen LogP contribution in [0.3, 0.4) is 0 Å². The summed E-state index contributed by atoms with van der Waals surface area (Å²) >= 11 is 12.6. The third kappa shape index (κ3) is 5.28. The topological polar surface area (TPSA) is 70.5 Å². The van der Waals surface area contributed by atoms with Gasteiger partial charge in [-0.15, -0.1) is 0 Å². The zero-order chi connectivity index (χ0) is 26.0. The average Bonchev–Trinajstić information content (AvgIpc) is 2.82. The first-order valence-electron chi connectivity index (χ1n) is 12.1. The number of aromatic nitrogens is 1. The molecular formula is C29H30Cl2N2O3. The van der Waals surface area contributed by atoms with Crippen LogP contribution in [-0.4, -0.2) is 26.9 Å². The predicted octanol–water partition coefficient (Wildman–Crippen LogP) is 7.39. The van der Waals surface area contributed by atoms with E-state index >= 15 is 0 Å². The number of piperidine rings is 1. The second-order valence-electron chi connectivity index (χ2n) is 9.83. The lowest BCUT2D eigenvalue weighted by atomic mass is 9.67. The van der Waals surface area contributed by atoms with Crippen molar-refractivity contribution in [2.24, 2.45) is 5.41 Å². The molecule has 4 rings (SSSR count). The molecule has 1 fully saturated rings. The summed E-state index contributed by atoms with van der Waals surface area (Å²) in [7, 11) is 0. The van der Waals surface area contributed by atoms with Gasteiger partial charge in [0, 0.05) is 21.7 Å². The Labute approximate surface area is 222 Å². The number of carbonyl (C=O) groups excluding carboxylic acids is 1. The number of hydrogen-bond acceptors (Lipinski definition) is 3. The monoisotopic (exact) mass is 524 g/mol. The van der Waals surface area contributed by atoms with Crippen molar-refractivity contribution in [2.75, 3.05) is 0 Å². The van der Waals surface area contributed by atoms with Gasteiger partial charge in [0.25, 0.3) is 0 Å². The molecule has 3 aromatic rings. The number of carbonyl (C=O) groups is 2. The van der Waals surface area contributed by atoms with E-state index < -0.39 is 11.4 Å². The van der Waals surface area contributed by atoms with E-state index in [1.807, 2.05) is 85.5 Å². The van der Waals surface area contributed by atoms with Gasteiger partial charge in [-0.05, 0) is 67.3 Å². The molecule has 5 nitrogen and oxygen atoms in total. The minimum absolute atomic E-state index is 0.182. The van der Waals surface area contributed by atoms with Crippen molar-refractivity contribution in [3.63, 3.8) is 0 Å². The van der Waals surface area contributed by atoms with Crippen LogP contribution in [0.4, 0.5) is 0 Å². The van der Waals surface area contributed by atoms with Gasteiger partial charge in [-0.1, -0.05) is 67.4 Å². The quantitative estimate of drug-likeness (QED) is 0.349. The Kier molecular flexibility index (Phi) is 7.72. The highest BCUT2D eigenvalue weighted by Crippen LogP contribution is 2.54. The summed E-state index contributed by atoms with van der Waals surface area (Å²) in [5.41, 5.74) is 2.44. The van der Waals surface area contributed by atoms with Crippen LogP contribution in [-0.2, 0) is 9.59 Å². The zero-order valence-corrected chi connectivity index (χ0v) is 22.1. The molecule has 0 saturated carbocycles. The molecule has 0 spiro atoms. The van der Waals surface area contributed by atoms with E-state index in [0.717, 1.165) is 22.5 Å². The van der Waals surface area contributed by atoms with Crippen molar-refractivity contribution in [3.05, 3.63) is 99.3 Å². The number of carboxylic acid groups (broad SMARTS) is 1. The molecule has 0 radical (unpaired) electrons. The van der Waals surface area contributed by atoms with E-state index in [2.05, 4.69) is 0 Å².